The number of rotatable bonds is 35. The summed E-state index contributed by atoms with van der Waals surface area (Å²) in [6.45, 7) is 5.04. The zero-order valence-electron chi connectivity index (χ0n) is 33.9. The first kappa shape index (κ1) is 54.8. The van der Waals surface area contributed by atoms with Crippen LogP contribution >= 0.6 is 0 Å². The molecule has 0 spiro atoms. The van der Waals surface area contributed by atoms with Crippen molar-refractivity contribution in [1.29, 1.82) is 0 Å². The summed E-state index contributed by atoms with van der Waals surface area (Å²) in [5.41, 5.74) is 8.41. The number of hydrogen-bond donors (Lipinski definition) is 10. The first-order valence-electron chi connectivity index (χ1n) is 18.8. The van der Waals surface area contributed by atoms with Gasteiger partial charge in [0.2, 0.25) is 35.4 Å². The van der Waals surface area contributed by atoms with E-state index >= 15 is 0 Å². The van der Waals surface area contributed by atoms with Gasteiger partial charge >= 0.3 is 23.9 Å². The molecule has 61 heavy (non-hydrogen) atoms. The molecule has 0 heterocycles. The molecule has 0 aliphatic heterocycles. The number of hydrogen-bond acceptors (Lipinski definition) is 15. The Labute approximate surface area is 348 Å². The van der Waals surface area contributed by atoms with Crippen molar-refractivity contribution in [2.24, 2.45) is 11.0 Å². The van der Waals surface area contributed by atoms with Crippen molar-refractivity contribution in [3.8, 4) is 0 Å². The van der Waals surface area contributed by atoms with Crippen LogP contribution in [0.15, 0.2) is 5.11 Å². The van der Waals surface area contributed by atoms with Gasteiger partial charge < -0.3 is 71.3 Å². The van der Waals surface area contributed by atoms with Gasteiger partial charge in [-0.25, -0.2) is 0 Å². The SMILES string of the molecule is CC(C)[C@H](NC(=O)C(CCC(=O)O)NC(=O)[C@H](CC(=O)O)NC(=O)CN=[N+]=[N-])C(=O)NC(CC(=O)O)C(=O)N[C@H](C)C(=O)NCCOCCOCCOCCOCCC(=O)O. The summed E-state index contributed by atoms with van der Waals surface area (Å²) < 4.78 is 21.1. The second-order valence-electron chi connectivity index (χ2n) is 13.1. The number of ether oxygens (including phenoxy) is 4. The first-order chi connectivity index (χ1) is 28.8. The van der Waals surface area contributed by atoms with Crippen LogP contribution in [0, 0.1) is 5.92 Å². The Morgan fingerprint density at radius 3 is 1.49 bits per heavy atom. The Bertz CT molecular complexity index is 1540. The predicted molar refractivity (Wildman–Crippen MR) is 204 cm³/mol. The maximum Gasteiger partial charge on any atom is 0.305 e. The van der Waals surface area contributed by atoms with E-state index in [1.54, 1.807) is 0 Å². The third kappa shape index (κ3) is 27.3. The van der Waals surface area contributed by atoms with Crippen LogP contribution in [0.1, 0.15) is 52.9 Å². The topological polar surface area (TPSA) is 409 Å². The number of nitrogens with one attached hydrogen (secondary N) is 6. The molecule has 6 amide bonds. The molecule has 0 aromatic carbocycles. The molecule has 344 valence electrons. The van der Waals surface area contributed by atoms with Gasteiger partial charge in [0.25, 0.3) is 0 Å². The van der Waals surface area contributed by atoms with Crippen LogP contribution in [0.4, 0.5) is 0 Å². The van der Waals surface area contributed by atoms with Crippen LogP contribution in [0.3, 0.4) is 0 Å². The number of carboxylic acids is 4. The van der Waals surface area contributed by atoms with Crippen molar-refractivity contribution in [1.82, 2.24) is 31.9 Å². The minimum absolute atomic E-state index is 0.0231. The van der Waals surface area contributed by atoms with Gasteiger partial charge in [-0.1, -0.05) is 19.0 Å². The Morgan fingerprint density at radius 2 is 1.00 bits per heavy atom. The number of aliphatic carboxylic acids is 4. The molecule has 27 nitrogen and oxygen atoms in total. The van der Waals surface area contributed by atoms with E-state index in [9.17, 15) is 63.3 Å². The predicted octanol–water partition coefficient (Wildman–Crippen LogP) is -3.13. The van der Waals surface area contributed by atoms with E-state index in [2.05, 4.69) is 36.6 Å². The zero-order valence-corrected chi connectivity index (χ0v) is 33.9. The molecule has 0 aliphatic rings. The zero-order chi connectivity index (χ0) is 46.3. The van der Waals surface area contributed by atoms with Crippen molar-refractivity contribution in [2.45, 2.75) is 83.1 Å². The molecular weight excluding hydrogens is 822 g/mol. The Morgan fingerprint density at radius 1 is 0.541 bits per heavy atom. The van der Waals surface area contributed by atoms with Crippen molar-refractivity contribution >= 4 is 59.3 Å². The molecule has 0 aromatic rings. The van der Waals surface area contributed by atoms with E-state index in [-0.39, 0.29) is 65.8 Å². The summed E-state index contributed by atoms with van der Waals surface area (Å²) in [6.07, 6.45) is -3.32. The van der Waals surface area contributed by atoms with E-state index in [1.807, 2.05) is 5.32 Å². The van der Waals surface area contributed by atoms with Crippen LogP contribution in [-0.4, -0.2) is 176 Å². The second-order valence-corrected chi connectivity index (χ2v) is 13.1. The highest BCUT2D eigenvalue weighted by Crippen LogP contribution is 2.08. The van der Waals surface area contributed by atoms with Crippen LogP contribution < -0.4 is 31.9 Å². The lowest BCUT2D eigenvalue weighted by atomic mass is 10.0. The Balaban J connectivity index is 5.28. The van der Waals surface area contributed by atoms with Gasteiger partial charge in [-0.05, 0) is 24.8 Å². The largest absolute Gasteiger partial charge is 0.481 e. The number of amides is 6. The number of nitrogens with zero attached hydrogens (tertiary/aromatic N) is 3. The van der Waals surface area contributed by atoms with Gasteiger partial charge in [-0.2, -0.15) is 0 Å². The molecule has 0 rings (SSSR count). The molecule has 0 saturated heterocycles. The van der Waals surface area contributed by atoms with Gasteiger partial charge in [-0.3, -0.25) is 47.9 Å². The summed E-state index contributed by atoms with van der Waals surface area (Å²) in [7, 11) is 0. The smallest absolute Gasteiger partial charge is 0.305 e. The molecular formula is C34H55N9O18. The highest BCUT2D eigenvalue weighted by atomic mass is 16.6. The third-order valence-electron chi connectivity index (χ3n) is 7.72. The molecule has 5 atom stereocenters. The fourth-order valence-electron chi connectivity index (χ4n) is 4.66. The molecule has 0 aromatic heterocycles. The van der Waals surface area contributed by atoms with Crippen LogP contribution in [0.25, 0.3) is 10.4 Å². The quantitative estimate of drug-likeness (QED) is 0.0130. The molecule has 27 heteroatoms. The average molecular weight is 878 g/mol. The molecule has 0 fully saturated rings. The van der Waals surface area contributed by atoms with Gasteiger partial charge in [0.15, 0.2) is 0 Å². The third-order valence-corrected chi connectivity index (χ3v) is 7.72. The van der Waals surface area contributed by atoms with Crippen LogP contribution in [-0.2, 0) is 66.9 Å². The fraction of sp³-hybridized carbons (Fsp3) is 0.706. The van der Waals surface area contributed by atoms with E-state index in [4.69, 9.17) is 29.6 Å². The normalized spacial score (nSPS) is 13.2. The van der Waals surface area contributed by atoms with Crippen molar-refractivity contribution in [3.05, 3.63) is 10.4 Å². The number of carbonyl (C=O) groups is 10. The lowest BCUT2D eigenvalue weighted by molar-refractivity contribution is -0.142. The van der Waals surface area contributed by atoms with Crippen molar-refractivity contribution < 1.29 is 87.3 Å². The molecule has 2 unspecified atom stereocenters. The summed E-state index contributed by atoms with van der Waals surface area (Å²) in [5, 5.41) is 52.9. The van der Waals surface area contributed by atoms with Crippen molar-refractivity contribution in [3.63, 3.8) is 0 Å². The van der Waals surface area contributed by atoms with Crippen LogP contribution in [0.5, 0.6) is 0 Å². The van der Waals surface area contributed by atoms with Gasteiger partial charge in [0.1, 0.15) is 36.8 Å². The lowest BCUT2D eigenvalue weighted by Crippen LogP contribution is -2.60. The van der Waals surface area contributed by atoms with Gasteiger partial charge in [0.05, 0.1) is 72.1 Å². The minimum atomic E-state index is -1.81. The first-order valence-corrected chi connectivity index (χ1v) is 18.8. The van der Waals surface area contributed by atoms with E-state index < -0.39 is 128 Å². The second kappa shape index (κ2) is 31.7. The van der Waals surface area contributed by atoms with Crippen LogP contribution in [0.2, 0.25) is 0 Å². The van der Waals surface area contributed by atoms with Gasteiger partial charge in [0, 0.05) is 17.9 Å². The monoisotopic (exact) mass is 877 g/mol. The lowest BCUT2D eigenvalue weighted by Gasteiger charge is -2.28. The Kier molecular flexibility index (Phi) is 28.5. The summed E-state index contributed by atoms with van der Waals surface area (Å²) in [6, 6.07) is -8.04. The number of carbonyl (C=O) groups excluding carboxylic acids is 6. The number of azide groups is 1. The average Bonchev–Trinajstić information content (AvgIpc) is 3.17. The maximum atomic E-state index is 13.4. The molecule has 10 N–H and O–H groups in total. The molecule has 0 aliphatic carbocycles. The van der Waals surface area contributed by atoms with Gasteiger partial charge in [-0.15, -0.1) is 0 Å². The van der Waals surface area contributed by atoms with E-state index in [0.717, 1.165) is 0 Å². The maximum absolute atomic E-state index is 13.4. The Hall–Kier alpha value is -6.15. The standard InChI is InChI=1S/C34H55N9O18/c1-19(2)29(42-31(54)21(4-5-25(45)46)40-33(56)22(16-27(49)50)39-24(44)18-37-43-35)34(57)41-23(17-28(51)52)32(55)38-20(3)30(53)36-7-9-59-11-13-61-15-14-60-12-10-58-8-6-26(47)48/h19-23,29H,4-18H2,1-3H3,(H,36,53)(H,38,55)(H,39,44)(H,40,56)(H,41,57)(H,42,54)(H,45,46)(H,47,48)(H,49,50)(H,51,52)/t20-,21?,22+,23?,29+/m1/s1. The fourth-order valence-corrected chi connectivity index (χ4v) is 4.66. The van der Waals surface area contributed by atoms with E-state index in [0.29, 0.717) is 0 Å². The molecule has 0 saturated carbocycles. The van der Waals surface area contributed by atoms with E-state index in [1.165, 1.54) is 20.8 Å². The molecule has 0 bridgehead atoms. The number of carboxylic acid groups (broad SMARTS) is 4. The summed E-state index contributed by atoms with van der Waals surface area (Å²) in [5.74, 6) is -12.4. The summed E-state index contributed by atoms with van der Waals surface area (Å²) >= 11 is 0. The summed E-state index contributed by atoms with van der Waals surface area (Å²) in [4.78, 5) is 125. The highest BCUT2D eigenvalue weighted by Gasteiger charge is 2.34. The minimum Gasteiger partial charge on any atom is -0.481 e. The van der Waals surface area contributed by atoms with Crippen molar-refractivity contribution in [2.75, 3.05) is 65.9 Å². The molecule has 0 radical (unpaired) electrons. The highest BCUT2D eigenvalue weighted by molar-refractivity contribution is 5.98.